The van der Waals surface area contributed by atoms with E-state index in [0.29, 0.717) is 12.8 Å². The van der Waals surface area contributed by atoms with Crippen molar-refractivity contribution in [2.45, 2.75) is 64.3 Å². The van der Waals surface area contributed by atoms with Gasteiger partial charge in [0.2, 0.25) is 0 Å². The maximum atomic E-state index is 12.8. The van der Waals surface area contributed by atoms with Crippen molar-refractivity contribution in [2.24, 2.45) is 5.73 Å². The van der Waals surface area contributed by atoms with Gasteiger partial charge in [-0.2, -0.15) is 0 Å². The zero-order valence-corrected chi connectivity index (χ0v) is 14.5. The van der Waals surface area contributed by atoms with Crippen molar-refractivity contribution < 1.29 is 14.3 Å². The molecule has 0 aliphatic heterocycles. The van der Waals surface area contributed by atoms with Gasteiger partial charge in [0.05, 0.1) is 6.61 Å². The largest absolute Gasteiger partial charge is 0.464 e. The minimum Gasteiger partial charge on any atom is -0.464 e. The molecule has 0 radical (unpaired) electrons. The Labute approximate surface area is 139 Å². The Bertz CT molecular complexity index is 501. The molecule has 0 aliphatic carbocycles. The van der Waals surface area contributed by atoms with E-state index < -0.39 is 11.5 Å². The van der Waals surface area contributed by atoms with Crippen molar-refractivity contribution in [3.05, 3.63) is 35.9 Å². The van der Waals surface area contributed by atoms with Crippen molar-refractivity contribution in [3.8, 4) is 0 Å². The second kappa shape index (κ2) is 9.46. The fraction of sp³-hybridized carbons (Fsp3) is 0.579. The number of hydrogen-bond acceptors (Lipinski definition) is 4. The lowest BCUT2D eigenvalue weighted by Gasteiger charge is -2.34. The Balaban J connectivity index is 3.16. The number of carbonyl (C=O) groups is 2. The molecule has 1 aromatic carbocycles. The molecule has 23 heavy (non-hydrogen) atoms. The maximum Gasteiger partial charge on any atom is 0.334 e. The van der Waals surface area contributed by atoms with Gasteiger partial charge in [0.15, 0.2) is 11.3 Å². The first-order valence-corrected chi connectivity index (χ1v) is 8.56. The fourth-order valence-electron chi connectivity index (χ4n) is 2.95. The molecule has 0 saturated carbocycles. The summed E-state index contributed by atoms with van der Waals surface area (Å²) in [6.45, 7) is 5.96. The van der Waals surface area contributed by atoms with E-state index in [2.05, 4.69) is 6.92 Å². The Morgan fingerprint density at radius 1 is 1.13 bits per heavy atom. The summed E-state index contributed by atoms with van der Waals surface area (Å²) in [6.07, 6.45) is 3.62. The first kappa shape index (κ1) is 19.4. The molecular formula is C19H29NO3. The van der Waals surface area contributed by atoms with E-state index in [9.17, 15) is 9.59 Å². The van der Waals surface area contributed by atoms with Gasteiger partial charge in [0.25, 0.3) is 0 Å². The maximum absolute atomic E-state index is 12.8. The third kappa shape index (κ3) is 4.64. The summed E-state index contributed by atoms with van der Waals surface area (Å²) in [5.41, 5.74) is 5.70. The Morgan fingerprint density at radius 2 is 1.78 bits per heavy atom. The van der Waals surface area contributed by atoms with Crippen LogP contribution in [0.3, 0.4) is 0 Å². The number of ketones is 1. The lowest BCUT2D eigenvalue weighted by atomic mass is 9.74. The first-order chi connectivity index (χ1) is 11.0. The molecule has 1 aromatic rings. The molecule has 0 spiro atoms. The minimum absolute atomic E-state index is 0.214. The van der Waals surface area contributed by atoms with Crippen LogP contribution in [0.15, 0.2) is 30.3 Å². The van der Waals surface area contributed by atoms with Crippen LogP contribution < -0.4 is 5.73 Å². The van der Waals surface area contributed by atoms with Gasteiger partial charge in [-0.15, -0.1) is 0 Å². The number of rotatable bonds is 10. The molecule has 4 heteroatoms. The van der Waals surface area contributed by atoms with Crippen LogP contribution >= 0.6 is 0 Å². The van der Waals surface area contributed by atoms with Crippen LogP contribution in [-0.2, 0) is 14.3 Å². The highest BCUT2D eigenvalue weighted by Gasteiger charge is 2.49. The summed E-state index contributed by atoms with van der Waals surface area (Å²) in [5, 5.41) is 0. The predicted octanol–water partition coefficient (Wildman–Crippen LogP) is 3.59. The molecule has 0 heterocycles. The molecule has 0 amide bonds. The summed E-state index contributed by atoms with van der Waals surface area (Å²) < 4.78 is 5.15. The molecule has 2 N–H and O–H groups in total. The van der Waals surface area contributed by atoms with E-state index in [0.717, 1.165) is 24.8 Å². The summed E-state index contributed by atoms with van der Waals surface area (Å²) in [7, 11) is 0. The smallest absolute Gasteiger partial charge is 0.334 e. The molecule has 0 aromatic heterocycles. The van der Waals surface area contributed by atoms with Crippen molar-refractivity contribution in [1.29, 1.82) is 0 Å². The third-order valence-electron chi connectivity index (χ3n) is 4.24. The van der Waals surface area contributed by atoms with Gasteiger partial charge in [-0.3, -0.25) is 4.79 Å². The van der Waals surface area contributed by atoms with Gasteiger partial charge in [-0.05, 0) is 25.3 Å². The number of unbranched alkanes of at least 4 members (excludes halogenated alkanes) is 2. The molecule has 4 nitrogen and oxygen atoms in total. The monoisotopic (exact) mass is 319 g/mol. The average molecular weight is 319 g/mol. The molecule has 1 rings (SSSR count). The fourth-order valence-corrected chi connectivity index (χ4v) is 2.95. The van der Waals surface area contributed by atoms with E-state index in [4.69, 9.17) is 10.5 Å². The van der Waals surface area contributed by atoms with Gasteiger partial charge in [0, 0.05) is 12.3 Å². The van der Waals surface area contributed by atoms with Crippen LogP contribution in [-0.4, -0.2) is 23.9 Å². The van der Waals surface area contributed by atoms with Crippen molar-refractivity contribution in [1.82, 2.24) is 0 Å². The lowest BCUT2D eigenvalue weighted by Crippen LogP contribution is -2.59. The topological polar surface area (TPSA) is 69.4 Å². The number of nitrogens with two attached hydrogens (primary N) is 1. The normalized spacial score (nSPS) is 14.8. The zero-order valence-electron chi connectivity index (χ0n) is 14.5. The van der Waals surface area contributed by atoms with E-state index in [1.54, 1.807) is 6.92 Å². The number of hydrogen-bond donors (Lipinski definition) is 1. The zero-order chi connectivity index (χ0) is 17.3. The highest BCUT2D eigenvalue weighted by Crippen LogP contribution is 2.33. The van der Waals surface area contributed by atoms with Crippen LogP contribution in [0.2, 0.25) is 0 Å². The molecule has 2 atom stereocenters. The van der Waals surface area contributed by atoms with Gasteiger partial charge >= 0.3 is 5.97 Å². The van der Waals surface area contributed by atoms with Crippen LogP contribution in [0.5, 0.6) is 0 Å². The number of benzene rings is 1. The van der Waals surface area contributed by atoms with Crippen LogP contribution in [0.1, 0.15) is 64.4 Å². The Hall–Kier alpha value is -1.68. The van der Waals surface area contributed by atoms with Gasteiger partial charge in [0.1, 0.15) is 0 Å². The van der Waals surface area contributed by atoms with Gasteiger partial charge < -0.3 is 10.5 Å². The standard InChI is InChI=1S/C19H29NO3/c1-4-7-9-14-17(21)19(20,18(22)23-6-3)16(5-2)15-12-10-8-11-13-15/h8,10-13,16H,4-7,9,14,20H2,1-3H3. The quantitative estimate of drug-likeness (QED) is 0.406. The molecule has 0 fully saturated rings. The minimum atomic E-state index is -1.61. The van der Waals surface area contributed by atoms with E-state index in [1.807, 2.05) is 37.3 Å². The van der Waals surface area contributed by atoms with Crippen molar-refractivity contribution >= 4 is 11.8 Å². The van der Waals surface area contributed by atoms with Crippen LogP contribution in [0.4, 0.5) is 0 Å². The summed E-state index contributed by atoms with van der Waals surface area (Å²) in [6, 6.07) is 9.51. The highest BCUT2D eigenvalue weighted by molar-refractivity contribution is 6.09. The average Bonchev–Trinajstić information content (AvgIpc) is 2.56. The van der Waals surface area contributed by atoms with Gasteiger partial charge in [-0.25, -0.2) is 4.79 Å². The number of esters is 1. The summed E-state index contributed by atoms with van der Waals surface area (Å²) in [4.78, 5) is 25.3. The second-order valence-electron chi connectivity index (χ2n) is 5.84. The lowest BCUT2D eigenvalue weighted by molar-refractivity contribution is -0.155. The second-order valence-corrected chi connectivity index (χ2v) is 5.84. The predicted molar refractivity (Wildman–Crippen MR) is 92.2 cm³/mol. The summed E-state index contributed by atoms with van der Waals surface area (Å²) in [5.74, 6) is -1.21. The van der Waals surface area contributed by atoms with Gasteiger partial charge in [-0.1, -0.05) is 57.0 Å². The van der Waals surface area contributed by atoms with Crippen LogP contribution in [0, 0.1) is 0 Å². The highest BCUT2D eigenvalue weighted by atomic mass is 16.5. The molecular weight excluding hydrogens is 290 g/mol. The van der Waals surface area contributed by atoms with Crippen molar-refractivity contribution in [3.63, 3.8) is 0 Å². The van der Waals surface area contributed by atoms with Crippen molar-refractivity contribution in [2.75, 3.05) is 6.61 Å². The number of carbonyl (C=O) groups excluding carboxylic acids is 2. The number of ether oxygens (including phenoxy) is 1. The third-order valence-corrected chi connectivity index (χ3v) is 4.24. The molecule has 128 valence electrons. The van der Waals surface area contributed by atoms with E-state index in [-0.39, 0.29) is 18.3 Å². The molecule has 0 saturated heterocycles. The summed E-state index contributed by atoms with van der Waals surface area (Å²) >= 11 is 0. The van der Waals surface area contributed by atoms with Crippen LogP contribution in [0.25, 0.3) is 0 Å². The van der Waals surface area contributed by atoms with E-state index >= 15 is 0 Å². The molecule has 2 unspecified atom stereocenters. The molecule has 0 aliphatic rings. The Morgan fingerprint density at radius 3 is 2.30 bits per heavy atom. The first-order valence-electron chi connectivity index (χ1n) is 8.56. The molecule has 0 bridgehead atoms. The number of Topliss-reactive ketones (excluding diaryl/α,β-unsaturated/α-hetero) is 1. The Kier molecular flexibility index (Phi) is 7.96. The van der Waals surface area contributed by atoms with E-state index in [1.165, 1.54) is 0 Å². The SMILES string of the molecule is CCCCCC(=O)C(N)(C(=O)OCC)C(CC)c1ccccc1.